The zero-order valence-corrected chi connectivity index (χ0v) is 13.2. The molecule has 0 bridgehead atoms. The highest BCUT2D eigenvalue weighted by molar-refractivity contribution is 6.30. The smallest absolute Gasteiger partial charge is 0.0468 e. The Kier molecular flexibility index (Phi) is 4.26. The van der Waals surface area contributed by atoms with Crippen molar-refractivity contribution >= 4 is 29.7 Å². The molecule has 1 aromatic heterocycles. The molecule has 0 amide bonds. The van der Waals surface area contributed by atoms with Crippen LogP contribution in [0.3, 0.4) is 0 Å². The minimum absolute atomic E-state index is 0. The summed E-state index contributed by atoms with van der Waals surface area (Å²) in [6.45, 7) is 5.46. The van der Waals surface area contributed by atoms with Crippen molar-refractivity contribution in [1.29, 1.82) is 0 Å². The van der Waals surface area contributed by atoms with Gasteiger partial charge in [0.05, 0.1) is 0 Å². The summed E-state index contributed by atoms with van der Waals surface area (Å²) in [5.74, 6) is 0. The average molecular weight is 309 g/mol. The molecule has 106 valence electrons. The molecule has 0 spiro atoms. The van der Waals surface area contributed by atoms with Crippen LogP contribution in [-0.4, -0.2) is 11.5 Å². The number of nitrogens with zero attached hydrogens (tertiary/aromatic N) is 1. The Balaban J connectivity index is 0.00000147. The molecule has 0 radical (unpaired) electrons. The van der Waals surface area contributed by atoms with Crippen molar-refractivity contribution in [2.75, 3.05) is 11.9 Å². The minimum atomic E-state index is 0. The minimum Gasteiger partial charge on any atom is -0.384 e. The largest absolute Gasteiger partial charge is 0.384 e. The fourth-order valence-electron chi connectivity index (χ4n) is 2.55. The molecule has 20 heavy (non-hydrogen) atoms. The molecule has 1 N–H and O–H groups in total. The van der Waals surface area contributed by atoms with Crippen molar-refractivity contribution in [2.24, 2.45) is 0 Å². The van der Waals surface area contributed by atoms with Crippen LogP contribution in [0.25, 0.3) is 0 Å². The highest BCUT2D eigenvalue weighted by Crippen LogP contribution is 2.35. The van der Waals surface area contributed by atoms with E-state index in [4.69, 9.17) is 11.6 Å². The molecule has 0 saturated carbocycles. The molecule has 0 unspecified atom stereocenters. The summed E-state index contributed by atoms with van der Waals surface area (Å²) >= 11 is 6.01. The lowest BCUT2D eigenvalue weighted by atomic mass is 9.88. The molecular weight excluding hydrogens is 291 g/mol. The van der Waals surface area contributed by atoms with Crippen LogP contribution in [-0.2, 0) is 11.8 Å². The predicted octanol–water partition coefficient (Wildman–Crippen LogP) is 4.45. The Morgan fingerprint density at radius 3 is 2.85 bits per heavy atom. The maximum absolute atomic E-state index is 6.01. The summed E-state index contributed by atoms with van der Waals surface area (Å²) in [6.07, 6.45) is 2.82. The first-order valence-corrected chi connectivity index (χ1v) is 6.90. The third-order valence-electron chi connectivity index (χ3n) is 3.68. The molecule has 1 aliphatic rings. The summed E-state index contributed by atoms with van der Waals surface area (Å²) in [5.41, 5.74) is 4.97. The van der Waals surface area contributed by atoms with Crippen LogP contribution in [0.5, 0.6) is 0 Å². The van der Waals surface area contributed by atoms with Gasteiger partial charge >= 0.3 is 0 Å². The number of nitrogens with one attached hydrogen (secondary N) is 1. The first-order valence-electron chi connectivity index (χ1n) is 6.52. The Morgan fingerprint density at radius 2 is 2.10 bits per heavy atom. The van der Waals surface area contributed by atoms with Gasteiger partial charge in [0.15, 0.2) is 0 Å². The second kappa shape index (κ2) is 5.63. The summed E-state index contributed by atoms with van der Waals surface area (Å²) in [4.78, 5) is 4.59. The Hall–Kier alpha value is -1.25. The van der Waals surface area contributed by atoms with E-state index in [9.17, 15) is 0 Å². The number of hydrogen-bond acceptors (Lipinski definition) is 2. The normalized spacial score (nSPS) is 15.2. The highest BCUT2D eigenvalue weighted by atomic mass is 35.5. The lowest BCUT2D eigenvalue weighted by Crippen LogP contribution is -2.19. The van der Waals surface area contributed by atoms with E-state index in [2.05, 4.69) is 36.3 Å². The maximum atomic E-state index is 6.01. The highest BCUT2D eigenvalue weighted by Gasteiger charge is 2.29. The van der Waals surface area contributed by atoms with Gasteiger partial charge in [0.25, 0.3) is 0 Å². The van der Waals surface area contributed by atoms with Crippen LogP contribution >= 0.6 is 24.0 Å². The van der Waals surface area contributed by atoms with Crippen LogP contribution in [0, 0.1) is 0 Å². The number of hydrogen-bond donors (Lipinski definition) is 1. The molecule has 0 aliphatic carbocycles. The van der Waals surface area contributed by atoms with Gasteiger partial charge in [-0.3, -0.25) is 4.98 Å². The number of fused-ring (bicyclic) bond motifs is 1. The quantitative estimate of drug-likeness (QED) is 0.886. The number of pyridine rings is 1. The number of aromatic nitrogens is 1. The fraction of sp³-hybridized carbons (Fsp3) is 0.312. The molecule has 0 atom stereocenters. The van der Waals surface area contributed by atoms with Crippen molar-refractivity contribution < 1.29 is 0 Å². The van der Waals surface area contributed by atoms with Crippen molar-refractivity contribution in [3.63, 3.8) is 0 Å². The van der Waals surface area contributed by atoms with E-state index in [1.54, 1.807) is 0 Å². The van der Waals surface area contributed by atoms with Crippen LogP contribution in [0.15, 0.2) is 36.5 Å². The standard InChI is InChI=1S/C16H17ClN2.ClH/c1-16(2)10-19-15-8-13(18-9-14(15)16)7-11-4-3-5-12(17)6-11;/h3-6,8-9,19H,7,10H2,1-2H3;1H. The molecule has 1 aliphatic heterocycles. The maximum Gasteiger partial charge on any atom is 0.0468 e. The average Bonchev–Trinajstić information content (AvgIpc) is 2.65. The van der Waals surface area contributed by atoms with E-state index in [0.717, 1.165) is 23.7 Å². The van der Waals surface area contributed by atoms with Crippen molar-refractivity contribution in [2.45, 2.75) is 25.7 Å². The van der Waals surface area contributed by atoms with Crippen molar-refractivity contribution in [3.8, 4) is 0 Å². The van der Waals surface area contributed by atoms with Gasteiger partial charge in [0.2, 0.25) is 0 Å². The van der Waals surface area contributed by atoms with E-state index < -0.39 is 0 Å². The second-order valence-corrected chi connectivity index (χ2v) is 6.20. The molecule has 2 aromatic rings. The summed E-state index contributed by atoms with van der Waals surface area (Å²) in [6, 6.07) is 10.1. The molecular formula is C16H18Cl2N2. The monoisotopic (exact) mass is 308 g/mol. The predicted molar refractivity (Wildman–Crippen MR) is 87.3 cm³/mol. The molecule has 0 saturated heterocycles. The molecule has 4 heteroatoms. The first-order chi connectivity index (χ1) is 9.04. The molecule has 3 rings (SSSR count). The number of halogens is 2. The van der Waals surface area contributed by atoms with Gasteiger partial charge in [-0.25, -0.2) is 0 Å². The van der Waals surface area contributed by atoms with Gasteiger partial charge in [0, 0.05) is 46.5 Å². The van der Waals surface area contributed by atoms with Gasteiger partial charge in [0.1, 0.15) is 0 Å². The van der Waals surface area contributed by atoms with Crippen LogP contribution in [0.4, 0.5) is 5.69 Å². The lowest BCUT2D eigenvalue weighted by Gasteiger charge is -2.16. The van der Waals surface area contributed by atoms with Gasteiger partial charge in [-0.2, -0.15) is 0 Å². The second-order valence-electron chi connectivity index (χ2n) is 5.77. The van der Waals surface area contributed by atoms with E-state index in [1.807, 2.05) is 24.4 Å². The fourth-order valence-corrected chi connectivity index (χ4v) is 2.76. The van der Waals surface area contributed by atoms with Crippen molar-refractivity contribution in [1.82, 2.24) is 4.98 Å². The van der Waals surface area contributed by atoms with E-state index >= 15 is 0 Å². The van der Waals surface area contributed by atoms with Gasteiger partial charge < -0.3 is 5.32 Å². The molecule has 2 nitrogen and oxygen atoms in total. The molecule has 0 fully saturated rings. The third-order valence-corrected chi connectivity index (χ3v) is 3.92. The van der Waals surface area contributed by atoms with Gasteiger partial charge in [-0.1, -0.05) is 37.6 Å². The zero-order chi connectivity index (χ0) is 13.5. The summed E-state index contributed by atoms with van der Waals surface area (Å²) in [7, 11) is 0. The number of benzene rings is 1. The third kappa shape index (κ3) is 2.92. The summed E-state index contributed by atoms with van der Waals surface area (Å²) in [5, 5.41) is 4.24. The van der Waals surface area contributed by atoms with E-state index in [0.29, 0.717) is 0 Å². The Bertz CT molecular complexity index is 624. The van der Waals surface area contributed by atoms with Crippen LogP contribution < -0.4 is 5.32 Å². The van der Waals surface area contributed by atoms with Crippen LogP contribution in [0.2, 0.25) is 5.02 Å². The van der Waals surface area contributed by atoms with Gasteiger partial charge in [-0.05, 0) is 23.8 Å². The van der Waals surface area contributed by atoms with E-state index in [-0.39, 0.29) is 17.8 Å². The number of anilines is 1. The van der Waals surface area contributed by atoms with E-state index in [1.165, 1.54) is 16.8 Å². The van der Waals surface area contributed by atoms with Gasteiger partial charge in [-0.15, -0.1) is 12.4 Å². The zero-order valence-electron chi connectivity index (χ0n) is 11.6. The lowest BCUT2D eigenvalue weighted by molar-refractivity contribution is 0.584. The van der Waals surface area contributed by atoms with Crippen LogP contribution in [0.1, 0.15) is 30.7 Å². The molecule has 2 heterocycles. The topological polar surface area (TPSA) is 24.9 Å². The van der Waals surface area contributed by atoms with Crippen molar-refractivity contribution in [3.05, 3.63) is 58.4 Å². The first kappa shape index (κ1) is 15.1. The Labute approximate surface area is 131 Å². The summed E-state index contributed by atoms with van der Waals surface area (Å²) < 4.78 is 0. The SMILES string of the molecule is CC1(C)CNc2cc(Cc3cccc(Cl)c3)ncc21.Cl. The number of rotatable bonds is 2. The Morgan fingerprint density at radius 1 is 1.30 bits per heavy atom. The molecule has 1 aromatic carbocycles.